The second-order valence-corrected chi connectivity index (χ2v) is 5.26. The maximum atomic E-state index is 10.7. The van der Waals surface area contributed by atoms with Crippen molar-refractivity contribution >= 4 is 5.97 Å². The van der Waals surface area contributed by atoms with E-state index in [1.165, 1.54) is 19.3 Å². The van der Waals surface area contributed by atoms with Crippen LogP contribution in [0.3, 0.4) is 0 Å². The van der Waals surface area contributed by atoms with Crippen LogP contribution in [-0.4, -0.2) is 17.6 Å². The van der Waals surface area contributed by atoms with Crippen LogP contribution in [0.15, 0.2) is 10.5 Å². The van der Waals surface area contributed by atoms with E-state index in [0.717, 1.165) is 12.1 Å². The smallest absolute Gasteiger partial charge is 0.371 e. The van der Waals surface area contributed by atoms with Gasteiger partial charge < -0.3 is 14.8 Å². The first-order valence-corrected chi connectivity index (χ1v) is 6.03. The van der Waals surface area contributed by atoms with Crippen molar-refractivity contribution in [3.05, 3.63) is 23.2 Å². The van der Waals surface area contributed by atoms with E-state index in [2.05, 4.69) is 12.2 Å². The molecule has 17 heavy (non-hydrogen) atoms. The summed E-state index contributed by atoms with van der Waals surface area (Å²) in [4.78, 5) is 10.7. The molecule has 1 aliphatic carbocycles. The molecule has 94 valence electrons. The molecule has 0 unspecified atom stereocenters. The van der Waals surface area contributed by atoms with Gasteiger partial charge in [-0.2, -0.15) is 0 Å². The van der Waals surface area contributed by atoms with Crippen LogP contribution in [0.1, 0.15) is 48.1 Å². The Kier molecular flexibility index (Phi) is 3.24. The van der Waals surface area contributed by atoms with Gasteiger partial charge >= 0.3 is 5.97 Å². The van der Waals surface area contributed by atoms with Gasteiger partial charge in [0.15, 0.2) is 0 Å². The van der Waals surface area contributed by atoms with Gasteiger partial charge in [0, 0.05) is 18.7 Å². The minimum atomic E-state index is -1.01. The third-order valence-electron chi connectivity index (χ3n) is 3.66. The SMILES string of the molecule is Cc1oc(C(=O)O)cc1CNCC1(C)CCC1. The Morgan fingerprint density at radius 2 is 2.29 bits per heavy atom. The molecular formula is C13H19NO3. The minimum absolute atomic E-state index is 0.0224. The van der Waals surface area contributed by atoms with Crippen LogP contribution in [0, 0.1) is 12.3 Å². The Morgan fingerprint density at radius 3 is 2.76 bits per heavy atom. The van der Waals surface area contributed by atoms with E-state index < -0.39 is 5.97 Å². The summed E-state index contributed by atoms with van der Waals surface area (Å²) < 4.78 is 5.16. The highest BCUT2D eigenvalue weighted by atomic mass is 16.4. The molecule has 1 heterocycles. The average molecular weight is 237 g/mol. The summed E-state index contributed by atoms with van der Waals surface area (Å²) in [6.07, 6.45) is 3.89. The van der Waals surface area contributed by atoms with E-state index in [9.17, 15) is 4.79 Å². The lowest BCUT2D eigenvalue weighted by Crippen LogP contribution is -2.37. The number of hydrogen-bond acceptors (Lipinski definition) is 3. The summed E-state index contributed by atoms with van der Waals surface area (Å²) in [5, 5.41) is 12.2. The van der Waals surface area contributed by atoms with Crippen molar-refractivity contribution in [1.82, 2.24) is 5.32 Å². The monoisotopic (exact) mass is 237 g/mol. The van der Waals surface area contributed by atoms with Crippen LogP contribution in [0.4, 0.5) is 0 Å². The van der Waals surface area contributed by atoms with Gasteiger partial charge in [0.2, 0.25) is 5.76 Å². The van der Waals surface area contributed by atoms with E-state index in [-0.39, 0.29) is 5.76 Å². The summed E-state index contributed by atoms with van der Waals surface area (Å²) in [5.41, 5.74) is 1.37. The summed E-state index contributed by atoms with van der Waals surface area (Å²) in [6, 6.07) is 1.60. The second-order valence-electron chi connectivity index (χ2n) is 5.26. The number of carboxylic acids is 1. The Hall–Kier alpha value is -1.29. The quantitative estimate of drug-likeness (QED) is 0.826. The third-order valence-corrected chi connectivity index (χ3v) is 3.66. The number of nitrogens with one attached hydrogen (secondary N) is 1. The largest absolute Gasteiger partial charge is 0.475 e. The van der Waals surface area contributed by atoms with Crippen LogP contribution in [0.5, 0.6) is 0 Å². The molecule has 4 heteroatoms. The normalized spacial score (nSPS) is 17.8. The van der Waals surface area contributed by atoms with Crippen molar-refractivity contribution in [2.75, 3.05) is 6.54 Å². The molecular weight excluding hydrogens is 218 g/mol. The molecule has 0 saturated heterocycles. The number of furan rings is 1. The van der Waals surface area contributed by atoms with Gasteiger partial charge in [0.1, 0.15) is 5.76 Å². The molecule has 1 saturated carbocycles. The molecule has 0 atom stereocenters. The van der Waals surface area contributed by atoms with E-state index in [1.54, 1.807) is 13.0 Å². The van der Waals surface area contributed by atoms with E-state index in [4.69, 9.17) is 9.52 Å². The molecule has 0 spiro atoms. The van der Waals surface area contributed by atoms with Crippen molar-refractivity contribution in [2.24, 2.45) is 5.41 Å². The molecule has 0 aliphatic heterocycles. The maximum Gasteiger partial charge on any atom is 0.371 e. The van der Waals surface area contributed by atoms with Gasteiger partial charge in [-0.15, -0.1) is 0 Å². The molecule has 1 fully saturated rings. The number of aryl methyl sites for hydroxylation is 1. The average Bonchev–Trinajstić information content (AvgIpc) is 2.58. The topological polar surface area (TPSA) is 62.5 Å². The molecule has 1 aromatic rings. The van der Waals surface area contributed by atoms with Gasteiger partial charge in [0.25, 0.3) is 0 Å². The zero-order valence-electron chi connectivity index (χ0n) is 10.4. The molecule has 2 N–H and O–H groups in total. The Labute approximate surface area is 101 Å². The van der Waals surface area contributed by atoms with Gasteiger partial charge in [-0.05, 0) is 31.2 Å². The molecule has 1 aromatic heterocycles. The molecule has 0 bridgehead atoms. The Bertz CT molecular complexity index is 418. The van der Waals surface area contributed by atoms with Crippen LogP contribution in [0.2, 0.25) is 0 Å². The minimum Gasteiger partial charge on any atom is -0.475 e. The highest BCUT2D eigenvalue weighted by Crippen LogP contribution is 2.39. The fraction of sp³-hybridized carbons (Fsp3) is 0.615. The third kappa shape index (κ3) is 2.69. The van der Waals surface area contributed by atoms with Gasteiger partial charge in [0.05, 0.1) is 0 Å². The zero-order chi connectivity index (χ0) is 12.5. The maximum absolute atomic E-state index is 10.7. The number of aromatic carboxylic acids is 1. The molecule has 2 rings (SSSR count). The predicted octanol–water partition coefficient (Wildman–Crippen LogP) is 2.57. The van der Waals surface area contributed by atoms with E-state index in [1.807, 2.05) is 0 Å². The predicted molar refractivity (Wildman–Crippen MR) is 64.1 cm³/mol. The van der Waals surface area contributed by atoms with Gasteiger partial charge in [-0.1, -0.05) is 13.3 Å². The summed E-state index contributed by atoms with van der Waals surface area (Å²) >= 11 is 0. The van der Waals surface area contributed by atoms with Crippen LogP contribution in [0.25, 0.3) is 0 Å². The molecule has 4 nitrogen and oxygen atoms in total. The summed E-state index contributed by atoms with van der Waals surface area (Å²) in [5.74, 6) is -0.298. The summed E-state index contributed by atoms with van der Waals surface area (Å²) in [6.45, 7) is 5.75. The van der Waals surface area contributed by atoms with Gasteiger partial charge in [-0.25, -0.2) is 4.79 Å². The van der Waals surface area contributed by atoms with Crippen molar-refractivity contribution in [3.63, 3.8) is 0 Å². The number of hydrogen-bond donors (Lipinski definition) is 2. The molecule has 1 aliphatic rings. The van der Waals surface area contributed by atoms with E-state index >= 15 is 0 Å². The van der Waals surface area contributed by atoms with E-state index in [0.29, 0.717) is 17.7 Å². The lowest BCUT2D eigenvalue weighted by Gasteiger charge is -2.38. The fourth-order valence-electron chi connectivity index (χ4n) is 2.26. The highest BCUT2D eigenvalue weighted by Gasteiger charge is 2.31. The number of carboxylic acid groups (broad SMARTS) is 1. The first kappa shape index (κ1) is 12.2. The molecule has 0 radical (unpaired) electrons. The second kappa shape index (κ2) is 4.53. The molecule has 0 aromatic carbocycles. The van der Waals surface area contributed by atoms with Crippen molar-refractivity contribution in [3.8, 4) is 0 Å². The Morgan fingerprint density at radius 1 is 1.59 bits per heavy atom. The standard InChI is InChI=1S/C13H19NO3/c1-9-10(6-11(17-9)12(15)16)7-14-8-13(2)4-3-5-13/h6,14H,3-5,7-8H2,1-2H3,(H,15,16). The van der Waals surface area contributed by atoms with Crippen LogP contribution in [-0.2, 0) is 6.54 Å². The molecule has 0 amide bonds. The van der Waals surface area contributed by atoms with Crippen molar-refractivity contribution < 1.29 is 14.3 Å². The zero-order valence-corrected chi connectivity index (χ0v) is 10.4. The summed E-state index contributed by atoms with van der Waals surface area (Å²) in [7, 11) is 0. The van der Waals surface area contributed by atoms with Crippen molar-refractivity contribution in [2.45, 2.75) is 39.7 Å². The van der Waals surface area contributed by atoms with Crippen LogP contribution < -0.4 is 5.32 Å². The highest BCUT2D eigenvalue weighted by molar-refractivity contribution is 5.84. The first-order valence-electron chi connectivity index (χ1n) is 6.03. The first-order chi connectivity index (χ1) is 8.00. The Balaban J connectivity index is 1.88. The lowest BCUT2D eigenvalue weighted by atomic mass is 9.70. The lowest BCUT2D eigenvalue weighted by molar-refractivity contribution is 0.0661. The fourth-order valence-corrected chi connectivity index (χ4v) is 2.26. The number of rotatable bonds is 5. The van der Waals surface area contributed by atoms with Crippen LogP contribution >= 0.6 is 0 Å². The van der Waals surface area contributed by atoms with Crippen molar-refractivity contribution in [1.29, 1.82) is 0 Å². The number of carbonyl (C=O) groups is 1. The van der Waals surface area contributed by atoms with Gasteiger partial charge in [-0.3, -0.25) is 0 Å².